The predicted molar refractivity (Wildman–Crippen MR) is 312 cm³/mol. The molecule has 13 aromatic rings. The molecule has 0 fully saturated rings. The summed E-state index contributed by atoms with van der Waals surface area (Å²) in [5.41, 5.74) is 18.8. The summed E-state index contributed by atoms with van der Waals surface area (Å²) in [4.78, 5) is 4.69. The Labute approximate surface area is 435 Å². The van der Waals surface area contributed by atoms with Gasteiger partial charge in [-0.25, -0.2) is 0 Å². The molecule has 2 aliphatic heterocycles. The molecule has 0 atom stereocenters. The molecule has 0 amide bonds. The number of hydrogen-bond acceptors (Lipinski definition) is 4. The molecule has 0 saturated carbocycles. The SMILES string of the molecule is Cc1ccc(N(c2ccccc2)c2ccc3c4cc5c(cc4n(-c4ccccc4)c3c2)B2c3cc4c(cc3Oc3cccc(c32)O5)c2ccc(N(c3ccccc3)c3ccc(C)cc3)cc2n4-c2ccccc2)cc1. The first-order valence-electron chi connectivity index (χ1n) is 25.7. The maximum Gasteiger partial charge on any atom is 0.260 e. The third-order valence-corrected chi connectivity index (χ3v) is 15.3. The van der Waals surface area contributed by atoms with Crippen LogP contribution in [0.2, 0.25) is 0 Å². The highest BCUT2D eigenvalue weighted by molar-refractivity contribution is 6.98. The van der Waals surface area contributed by atoms with E-state index in [2.05, 4.69) is 275 Å². The van der Waals surface area contributed by atoms with Gasteiger partial charge in [-0.15, -0.1) is 0 Å². The number of rotatable bonds is 8. The molecule has 0 bridgehead atoms. The number of hydrogen-bond donors (Lipinski definition) is 0. The molecule has 0 spiro atoms. The van der Waals surface area contributed by atoms with Gasteiger partial charge >= 0.3 is 0 Å². The van der Waals surface area contributed by atoms with Gasteiger partial charge in [-0.2, -0.15) is 0 Å². The Hall–Kier alpha value is -9.72. The molecule has 2 aliphatic rings. The summed E-state index contributed by atoms with van der Waals surface area (Å²) in [6.07, 6.45) is 0. The average molecular weight is 963 g/mol. The number of aromatic nitrogens is 2. The van der Waals surface area contributed by atoms with E-state index in [1.54, 1.807) is 0 Å². The van der Waals surface area contributed by atoms with E-state index in [4.69, 9.17) is 9.47 Å². The van der Waals surface area contributed by atoms with Gasteiger partial charge in [0.25, 0.3) is 6.71 Å². The predicted octanol–water partition coefficient (Wildman–Crippen LogP) is 16.2. The van der Waals surface area contributed by atoms with Gasteiger partial charge in [-0.1, -0.05) is 126 Å². The number of ether oxygens (including phenoxy) is 2. The third-order valence-electron chi connectivity index (χ3n) is 15.3. The van der Waals surface area contributed by atoms with Crippen LogP contribution in [-0.4, -0.2) is 15.8 Å². The second kappa shape index (κ2) is 16.9. The molecule has 15 rings (SSSR count). The van der Waals surface area contributed by atoms with E-state index in [9.17, 15) is 0 Å². The Kier molecular flexibility index (Phi) is 9.69. The Morgan fingerprint density at radius 1 is 0.307 bits per heavy atom. The van der Waals surface area contributed by atoms with Gasteiger partial charge in [0.05, 0.1) is 22.1 Å². The van der Waals surface area contributed by atoms with Crippen LogP contribution in [0.1, 0.15) is 11.1 Å². The lowest BCUT2D eigenvalue weighted by molar-refractivity contribution is 0.465. The van der Waals surface area contributed by atoms with Gasteiger partial charge in [0.1, 0.15) is 23.0 Å². The van der Waals surface area contributed by atoms with Crippen LogP contribution in [0.15, 0.2) is 249 Å². The first kappa shape index (κ1) is 42.9. The van der Waals surface area contributed by atoms with Crippen molar-refractivity contribution < 1.29 is 9.47 Å². The molecule has 2 aromatic heterocycles. The Balaban J connectivity index is 0.955. The van der Waals surface area contributed by atoms with Gasteiger partial charge in [-0.05, 0) is 158 Å². The van der Waals surface area contributed by atoms with Crippen LogP contribution in [0.3, 0.4) is 0 Å². The average Bonchev–Trinajstić information content (AvgIpc) is 4.00. The van der Waals surface area contributed by atoms with Gasteiger partial charge in [-0.3, -0.25) is 0 Å². The highest BCUT2D eigenvalue weighted by Crippen LogP contribution is 2.45. The van der Waals surface area contributed by atoms with E-state index in [1.165, 1.54) is 11.1 Å². The Morgan fingerprint density at radius 2 is 0.667 bits per heavy atom. The van der Waals surface area contributed by atoms with E-state index >= 15 is 0 Å². The van der Waals surface area contributed by atoms with Crippen LogP contribution in [0, 0.1) is 13.8 Å². The molecule has 0 unspecified atom stereocenters. The minimum absolute atomic E-state index is 0.182. The molecule has 354 valence electrons. The summed E-state index contributed by atoms with van der Waals surface area (Å²) in [5.74, 6) is 3.31. The Morgan fingerprint density at radius 3 is 1.08 bits per heavy atom. The minimum Gasteiger partial charge on any atom is -0.458 e. The van der Waals surface area contributed by atoms with Crippen molar-refractivity contribution >= 4 is 101 Å². The quantitative estimate of drug-likeness (QED) is 0.142. The monoisotopic (exact) mass is 962 g/mol. The van der Waals surface area contributed by atoms with Crippen LogP contribution in [0.4, 0.5) is 34.1 Å². The fraction of sp³-hybridized carbons (Fsp3) is 0.0294. The maximum atomic E-state index is 7.03. The van der Waals surface area contributed by atoms with Crippen molar-refractivity contribution in [3.8, 4) is 34.4 Å². The lowest BCUT2D eigenvalue weighted by Gasteiger charge is -2.33. The number of anilines is 6. The van der Waals surface area contributed by atoms with E-state index in [0.717, 1.165) is 128 Å². The first-order valence-corrected chi connectivity index (χ1v) is 25.7. The summed E-state index contributed by atoms with van der Waals surface area (Å²) < 4.78 is 18.9. The highest BCUT2D eigenvalue weighted by Gasteiger charge is 2.41. The van der Waals surface area contributed by atoms with Crippen molar-refractivity contribution in [2.45, 2.75) is 13.8 Å². The van der Waals surface area contributed by atoms with Crippen molar-refractivity contribution in [2.75, 3.05) is 9.80 Å². The molecule has 4 heterocycles. The zero-order valence-corrected chi connectivity index (χ0v) is 41.4. The van der Waals surface area contributed by atoms with E-state index in [-0.39, 0.29) is 6.71 Å². The Bertz CT molecular complexity index is 4090. The van der Waals surface area contributed by atoms with Crippen molar-refractivity contribution in [1.82, 2.24) is 9.13 Å². The molecular formula is C68H47BN4O2. The van der Waals surface area contributed by atoms with Crippen LogP contribution in [0.5, 0.6) is 23.0 Å². The third kappa shape index (κ3) is 6.89. The van der Waals surface area contributed by atoms with E-state index in [0.29, 0.717) is 0 Å². The zero-order valence-electron chi connectivity index (χ0n) is 41.4. The molecule has 0 N–H and O–H groups in total. The van der Waals surface area contributed by atoms with Crippen LogP contribution in [-0.2, 0) is 0 Å². The first-order chi connectivity index (χ1) is 37.0. The smallest absolute Gasteiger partial charge is 0.260 e. The summed E-state index contributed by atoms with van der Waals surface area (Å²) in [6, 6.07) is 89.6. The lowest BCUT2D eigenvalue weighted by atomic mass is 9.35. The maximum absolute atomic E-state index is 7.03. The molecule has 11 aromatic carbocycles. The second-order valence-electron chi connectivity index (χ2n) is 19.9. The fourth-order valence-corrected chi connectivity index (χ4v) is 11.9. The van der Waals surface area contributed by atoms with Crippen LogP contribution >= 0.6 is 0 Å². The largest absolute Gasteiger partial charge is 0.458 e. The summed E-state index contributed by atoms with van der Waals surface area (Å²) in [6.45, 7) is 4.09. The van der Waals surface area contributed by atoms with Crippen LogP contribution in [0.25, 0.3) is 55.0 Å². The van der Waals surface area contributed by atoms with E-state index < -0.39 is 0 Å². The molecule has 6 nitrogen and oxygen atoms in total. The summed E-state index contributed by atoms with van der Waals surface area (Å²) in [5, 5.41) is 4.54. The number of benzene rings is 11. The van der Waals surface area contributed by atoms with E-state index in [1.807, 2.05) is 6.07 Å². The number of para-hydroxylation sites is 4. The molecule has 0 radical (unpaired) electrons. The molecule has 0 aliphatic carbocycles. The zero-order chi connectivity index (χ0) is 49.7. The van der Waals surface area contributed by atoms with Crippen molar-refractivity contribution in [2.24, 2.45) is 0 Å². The standard InChI is InChI=1S/C68H47BN4O2/c1-44-26-30-50(31-27-44)70(46-16-7-3-8-17-46)52-34-36-54-56-40-66-58(42-62(56)72(60(54)38-52)48-20-11-5-12-21-48)69-59-43-63-57(41-67(59)75-65-25-15-24-64(74-66)68(65)69)55-37-35-53(39-61(55)73(63)49-22-13-6-14-23-49)71(47-18-9-4-10-19-47)51-32-28-45(2)29-33-51/h3-43H,1-2H3. The van der Waals surface area contributed by atoms with Crippen LogP contribution < -0.4 is 35.7 Å². The fourth-order valence-electron chi connectivity index (χ4n) is 11.9. The topological polar surface area (TPSA) is 34.8 Å². The van der Waals surface area contributed by atoms with Gasteiger partial charge < -0.3 is 28.4 Å². The van der Waals surface area contributed by atoms with Gasteiger partial charge in [0.15, 0.2) is 0 Å². The van der Waals surface area contributed by atoms with Crippen molar-refractivity contribution in [3.63, 3.8) is 0 Å². The normalized spacial score (nSPS) is 12.3. The van der Waals surface area contributed by atoms with Gasteiger partial charge in [0, 0.05) is 72.5 Å². The highest BCUT2D eigenvalue weighted by atomic mass is 16.5. The number of aryl methyl sites for hydroxylation is 2. The molecular weight excluding hydrogens is 916 g/mol. The summed E-state index contributed by atoms with van der Waals surface area (Å²) >= 11 is 0. The molecule has 7 heteroatoms. The van der Waals surface area contributed by atoms with Crippen molar-refractivity contribution in [1.29, 1.82) is 0 Å². The molecule has 0 saturated heterocycles. The summed E-state index contributed by atoms with van der Waals surface area (Å²) in [7, 11) is 0. The second-order valence-corrected chi connectivity index (χ2v) is 19.9. The number of fused-ring (bicyclic) bond motifs is 10. The van der Waals surface area contributed by atoms with Gasteiger partial charge in [0.2, 0.25) is 0 Å². The van der Waals surface area contributed by atoms with Crippen molar-refractivity contribution in [3.05, 3.63) is 260 Å². The number of nitrogens with zero attached hydrogens (tertiary/aromatic N) is 4. The lowest BCUT2D eigenvalue weighted by Crippen LogP contribution is -2.57. The molecule has 75 heavy (non-hydrogen) atoms. The minimum atomic E-state index is -0.182.